The summed E-state index contributed by atoms with van der Waals surface area (Å²) in [6, 6.07) is 4.61. The van der Waals surface area contributed by atoms with Gasteiger partial charge in [0.15, 0.2) is 0 Å². The van der Waals surface area contributed by atoms with Crippen molar-refractivity contribution >= 4 is 15.5 Å². The predicted octanol–water partition coefficient (Wildman–Crippen LogP) is 1.19. The van der Waals surface area contributed by atoms with E-state index in [9.17, 15) is 18.5 Å². The summed E-state index contributed by atoms with van der Waals surface area (Å²) >= 11 is 0. The van der Waals surface area contributed by atoms with E-state index in [0.717, 1.165) is 17.5 Å². The zero-order valence-corrected chi connectivity index (χ0v) is 9.27. The molecule has 6 nitrogen and oxygen atoms in total. The smallest absolute Gasteiger partial charge is 0.269 e. The minimum atomic E-state index is -3.61. The van der Waals surface area contributed by atoms with Gasteiger partial charge in [-0.25, -0.2) is 8.42 Å². The van der Waals surface area contributed by atoms with E-state index in [1.165, 1.54) is 19.1 Å². The Hall–Kier alpha value is -1.89. The summed E-state index contributed by atoms with van der Waals surface area (Å²) in [4.78, 5) is 9.74. The van der Waals surface area contributed by atoms with Crippen LogP contribution in [-0.4, -0.2) is 13.3 Å². The zero-order valence-electron chi connectivity index (χ0n) is 8.45. The fraction of sp³-hybridized carbons (Fsp3) is 0.111. The SMILES string of the molecule is C/C(N)=C\S(=O)(=O)c1ccc([N+](=O)[O-])cc1. The number of allylic oxidation sites excluding steroid dienone is 1. The lowest BCUT2D eigenvalue weighted by atomic mass is 10.3. The second-order valence-corrected chi connectivity index (χ2v) is 4.96. The predicted molar refractivity (Wildman–Crippen MR) is 58.2 cm³/mol. The minimum absolute atomic E-state index is 0.0251. The Morgan fingerprint density at radius 3 is 2.25 bits per heavy atom. The standard InChI is InChI=1S/C9H10N2O4S/c1-7(10)6-16(14,15)9-4-2-8(3-5-9)11(12)13/h2-6H,10H2,1H3/b7-6+. The van der Waals surface area contributed by atoms with E-state index in [0.29, 0.717) is 0 Å². The third kappa shape index (κ3) is 2.80. The first-order chi connectivity index (χ1) is 7.33. The molecule has 0 heterocycles. The third-order valence-electron chi connectivity index (χ3n) is 1.72. The molecule has 2 N–H and O–H groups in total. The Bertz CT molecular complexity index is 527. The van der Waals surface area contributed by atoms with Crippen LogP contribution in [0.15, 0.2) is 40.3 Å². The number of nitro groups is 1. The molecule has 1 aromatic carbocycles. The van der Waals surface area contributed by atoms with Crippen molar-refractivity contribution in [1.82, 2.24) is 0 Å². The van der Waals surface area contributed by atoms with E-state index in [1.54, 1.807) is 0 Å². The molecule has 0 atom stereocenters. The van der Waals surface area contributed by atoms with Crippen LogP contribution in [0.3, 0.4) is 0 Å². The summed E-state index contributed by atoms with van der Waals surface area (Å²) in [5, 5.41) is 11.3. The van der Waals surface area contributed by atoms with Crippen molar-refractivity contribution in [2.24, 2.45) is 5.73 Å². The van der Waals surface area contributed by atoms with Gasteiger partial charge in [-0.2, -0.15) is 0 Å². The van der Waals surface area contributed by atoms with Crippen molar-refractivity contribution < 1.29 is 13.3 Å². The van der Waals surface area contributed by atoms with Crippen LogP contribution in [0.1, 0.15) is 6.92 Å². The molecule has 0 saturated carbocycles. The molecule has 0 radical (unpaired) electrons. The lowest BCUT2D eigenvalue weighted by Gasteiger charge is -1.99. The second-order valence-electron chi connectivity index (χ2n) is 3.16. The van der Waals surface area contributed by atoms with Crippen LogP contribution in [0.4, 0.5) is 5.69 Å². The summed E-state index contributed by atoms with van der Waals surface area (Å²) in [5.74, 6) is 0. The number of non-ortho nitro benzene ring substituents is 1. The van der Waals surface area contributed by atoms with Gasteiger partial charge in [0.25, 0.3) is 5.69 Å². The minimum Gasteiger partial charge on any atom is -0.402 e. The highest BCUT2D eigenvalue weighted by Crippen LogP contribution is 2.17. The summed E-state index contributed by atoms with van der Waals surface area (Å²) in [6.45, 7) is 1.45. The van der Waals surface area contributed by atoms with Crippen LogP contribution in [-0.2, 0) is 9.84 Å². The molecule has 16 heavy (non-hydrogen) atoms. The van der Waals surface area contributed by atoms with Gasteiger partial charge in [-0.05, 0) is 19.1 Å². The number of sulfone groups is 1. The van der Waals surface area contributed by atoms with E-state index in [-0.39, 0.29) is 16.3 Å². The van der Waals surface area contributed by atoms with E-state index >= 15 is 0 Å². The van der Waals surface area contributed by atoms with Gasteiger partial charge in [-0.3, -0.25) is 10.1 Å². The molecular formula is C9H10N2O4S. The summed E-state index contributed by atoms with van der Waals surface area (Å²) in [5.41, 5.74) is 5.26. The monoisotopic (exact) mass is 242 g/mol. The lowest BCUT2D eigenvalue weighted by Crippen LogP contribution is -2.01. The first-order valence-electron chi connectivity index (χ1n) is 4.26. The van der Waals surface area contributed by atoms with Gasteiger partial charge in [0.1, 0.15) is 0 Å². The molecule has 0 bridgehead atoms. The van der Waals surface area contributed by atoms with E-state index < -0.39 is 14.8 Å². The molecule has 0 amide bonds. The van der Waals surface area contributed by atoms with E-state index in [2.05, 4.69) is 0 Å². The van der Waals surface area contributed by atoms with Gasteiger partial charge in [-0.15, -0.1) is 0 Å². The van der Waals surface area contributed by atoms with Crippen LogP contribution in [0.25, 0.3) is 0 Å². The molecule has 0 aliphatic heterocycles. The Balaban J connectivity index is 3.17. The zero-order chi connectivity index (χ0) is 12.3. The van der Waals surface area contributed by atoms with Gasteiger partial charge < -0.3 is 5.73 Å². The highest BCUT2D eigenvalue weighted by atomic mass is 32.2. The number of hydrogen-bond acceptors (Lipinski definition) is 5. The summed E-state index contributed by atoms with van der Waals surface area (Å²) in [7, 11) is -3.61. The third-order valence-corrected chi connectivity index (χ3v) is 3.33. The number of hydrogen-bond donors (Lipinski definition) is 1. The van der Waals surface area contributed by atoms with Crippen molar-refractivity contribution in [2.75, 3.05) is 0 Å². The van der Waals surface area contributed by atoms with Gasteiger partial charge in [-0.1, -0.05) is 0 Å². The Kier molecular flexibility index (Phi) is 3.28. The fourth-order valence-corrected chi connectivity index (χ4v) is 2.21. The molecule has 0 unspecified atom stereocenters. The summed E-state index contributed by atoms with van der Waals surface area (Å²) < 4.78 is 23.2. The second kappa shape index (κ2) is 4.31. The normalized spacial score (nSPS) is 12.4. The topological polar surface area (TPSA) is 103 Å². The molecule has 0 aliphatic carbocycles. The largest absolute Gasteiger partial charge is 0.402 e. The Morgan fingerprint density at radius 1 is 1.38 bits per heavy atom. The van der Waals surface area contributed by atoms with Crippen LogP contribution in [0, 0.1) is 10.1 Å². The number of nitrogens with two attached hydrogens (primary N) is 1. The molecule has 1 rings (SSSR count). The summed E-state index contributed by atoms with van der Waals surface area (Å²) in [6.07, 6.45) is 0. The quantitative estimate of drug-likeness (QED) is 0.633. The van der Waals surface area contributed by atoms with Crippen LogP contribution in [0.2, 0.25) is 0 Å². The lowest BCUT2D eigenvalue weighted by molar-refractivity contribution is -0.384. The molecule has 0 aromatic heterocycles. The van der Waals surface area contributed by atoms with E-state index in [4.69, 9.17) is 5.73 Å². The fourth-order valence-electron chi connectivity index (χ4n) is 1.07. The van der Waals surface area contributed by atoms with Gasteiger partial charge in [0.05, 0.1) is 15.2 Å². The van der Waals surface area contributed by atoms with Crippen LogP contribution in [0.5, 0.6) is 0 Å². The number of rotatable bonds is 3. The first-order valence-corrected chi connectivity index (χ1v) is 5.81. The van der Waals surface area contributed by atoms with Crippen molar-refractivity contribution in [3.05, 3.63) is 45.5 Å². The molecule has 0 fully saturated rings. The molecule has 7 heteroatoms. The average Bonchev–Trinajstić information content (AvgIpc) is 2.16. The van der Waals surface area contributed by atoms with Crippen LogP contribution < -0.4 is 5.73 Å². The molecule has 0 saturated heterocycles. The van der Waals surface area contributed by atoms with Crippen molar-refractivity contribution in [3.8, 4) is 0 Å². The number of benzene rings is 1. The maximum atomic E-state index is 11.6. The Morgan fingerprint density at radius 2 is 1.88 bits per heavy atom. The van der Waals surface area contributed by atoms with Gasteiger partial charge in [0, 0.05) is 17.8 Å². The van der Waals surface area contributed by atoms with Crippen LogP contribution >= 0.6 is 0 Å². The molecule has 0 aliphatic rings. The highest BCUT2D eigenvalue weighted by Gasteiger charge is 2.13. The first kappa shape index (κ1) is 12.2. The molecule has 86 valence electrons. The van der Waals surface area contributed by atoms with Gasteiger partial charge >= 0.3 is 0 Å². The van der Waals surface area contributed by atoms with E-state index in [1.807, 2.05) is 0 Å². The van der Waals surface area contributed by atoms with Crippen molar-refractivity contribution in [1.29, 1.82) is 0 Å². The van der Waals surface area contributed by atoms with Gasteiger partial charge in [0.2, 0.25) is 9.84 Å². The number of nitro benzene ring substituents is 1. The number of nitrogens with zero attached hydrogens (tertiary/aromatic N) is 1. The maximum Gasteiger partial charge on any atom is 0.269 e. The molecule has 0 spiro atoms. The average molecular weight is 242 g/mol. The Labute approximate surface area is 92.5 Å². The molecular weight excluding hydrogens is 232 g/mol. The highest BCUT2D eigenvalue weighted by molar-refractivity contribution is 7.94. The maximum absolute atomic E-state index is 11.6. The molecule has 1 aromatic rings. The van der Waals surface area contributed by atoms with Crippen molar-refractivity contribution in [3.63, 3.8) is 0 Å². The van der Waals surface area contributed by atoms with Crippen molar-refractivity contribution in [2.45, 2.75) is 11.8 Å².